The number of aliphatic hydroxyl groups is 1. The fraction of sp³-hybridized carbons (Fsp3) is 0.463. The van der Waals surface area contributed by atoms with Gasteiger partial charge in [0.1, 0.15) is 23.4 Å². The second kappa shape index (κ2) is 13.8. The third kappa shape index (κ3) is 5.70. The molecule has 0 amide bonds. The number of rotatable bonds is 9. The molecule has 7 heterocycles. The highest BCUT2D eigenvalue weighted by molar-refractivity contribution is 6.43. The van der Waals surface area contributed by atoms with Crippen LogP contribution in [0, 0.1) is 35.9 Å². The van der Waals surface area contributed by atoms with Gasteiger partial charge in [-0.3, -0.25) is 0 Å². The molecule has 2 aromatic carbocycles. The average molecular weight is 806 g/mol. The Morgan fingerprint density at radius 1 is 1.16 bits per heavy atom. The fourth-order valence-electron chi connectivity index (χ4n) is 10.2. The van der Waals surface area contributed by atoms with Gasteiger partial charge in [-0.05, 0) is 62.8 Å². The van der Waals surface area contributed by atoms with Crippen LogP contribution in [0.3, 0.4) is 0 Å². The summed E-state index contributed by atoms with van der Waals surface area (Å²) >= 11 is 13.1. The number of fused-ring (bicyclic) bond motifs is 6. The first kappa shape index (κ1) is 37.5. The summed E-state index contributed by atoms with van der Waals surface area (Å²) in [5.74, 6) is -3.04. The van der Waals surface area contributed by atoms with Crippen molar-refractivity contribution in [1.29, 1.82) is 5.26 Å². The second-order valence-electron chi connectivity index (χ2n) is 15.8. The number of ether oxygens (including phenoxy) is 1. The number of pyridine rings is 1. The lowest BCUT2D eigenvalue weighted by molar-refractivity contribution is -0.194. The van der Waals surface area contributed by atoms with Gasteiger partial charge in [0.15, 0.2) is 5.82 Å². The Morgan fingerprint density at radius 2 is 1.96 bits per heavy atom. The zero-order valence-electron chi connectivity index (χ0n) is 31.3. The number of nitrogens with zero attached hydrogens (tertiary/aromatic N) is 7. The molecule has 2 N–H and O–H groups in total. The minimum Gasteiger partial charge on any atom is -0.356 e. The van der Waals surface area contributed by atoms with Crippen LogP contribution < -0.4 is 10.2 Å². The molecule has 0 radical (unpaired) electrons. The highest BCUT2D eigenvalue weighted by atomic mass is 35.5. The summed E-state index contributed by atoms with van der Waals surface area (Å²) in [6, 6.07) is 12.2. The summed E-state index contributed by atoms with van der Waals surface area (Å²) in [5, 5.41) is 26.9. The zero-order valence-corrected chi connectivity index (χ0v) is 32.8. The molecule has 10 rings (SSSR count). The van der Waals surface area contributed by atoms with Crippen LogP contribution in [0.1, 0.15) is 67.8 Å². The minimum absolute atomic E-state index is 0.0461. The number of piperidine rings is 1. The number of benzene rings is 2. The van der Waals surface area contributed by atoms with Gasteiger partial charge in [-0.15, -0.1) is 0 Å². The number of aromatic nitrogens is 4. The Balaban J connectivity index is 1.28. The largest absolute Gasteiger partial charge is 0.356 e. The molecular weight excluding hydrogens is 764 g/mol. The molecule has 4 aliphatic heterocycles. The van der Waals surface area contributed by atoms with Gasteiger partial charge >= 0.3 is 0 Å². The van der Waals surface area contributed by atoms with Crippen LogP contribution in [-0.4, -0.2) is 74.3 Å². The van der Waals surface area contributed by atoms with E-state index in [2.05, 4.69) is 38.9 Å². The molecule has 292 valence electrons. The van der Waals surface area contributed by atoms with Gasteiger partial charge in [0, 0.05) is 96.9 Å². The fourth-order valence-corrected chi connectivity index (χ4v) is 10.6. The maximum absolute atomic E-state index is 17.3. The van der Waals surface area contributed by atoms with Crippen LogP contribution in [0.4, 0.5) is 19.0 Å². The van der Waals surface area contributed by atoms with Crippen LogP contribution in [-0.2, 0) is 17.1 Å². The van der Waals surface area contributed by atoms with E-state index >= 15 is 4.39 Å². The molecule has 1 saturated carbocycles. The van der Waals surface area contributed by atoms with Gasteiger partial charge in [0.25, 0.3) is 5.92 Å². The minimum atomic E-state index is -3.14. The third-order valence-electron chi connectivity index (χ3n) is 12.8. The number of nitriles is 1. The number of anilines is 1. The number of hydrogen-bond donors (Lipinski definition) is 2. The molecule has 10 nitrogen and oxygen atoms in total. The molecule has 1 aliphatic carbocycles. The Kier molecular flexibility index (Phi) is 9.26. The van der Waals surface area contributed by atoms with Crippen molar-refractivity contribution in [3.8, 4) is 17.2 Å². The van der Waals surface area contributed by atoms with Crippen molar-refractivity contribution in [2.45, 2.75) is 89.0 Å². The van der Waals surface area contributed by atoms with E-state index in [1.807, 2.05) is 22.8 Å². The van der Waals surface area contributed by atoms with E-state index in [0.717, 1.165) is 42.9 Å². The van der Waals surface area contributed by atoms with Crippen molar-refractivity contribution in [3.63, 3.8) is 0 Å². The van der Waals surface area contributed by atoms with Crippen LogP contribution >= 0.6 is 23.2 Å². The number of likely N-dealkylation sites (tertiary alicyclic amines) is 1. The van der Waals surface area contributed by atoms with Crippen molar-refractivity contribution in [2.75, 3.05) is 25.1 Å². The van der Waals surface area contributed by atoms with Crippen molar-refractivity contribution in [2.24, 2.45) is 11.8 Å². The predicted octanol–water partition coefficient (Wildman–Crippen LogP) is 8.06. The molecule has 4 saturated heterocycles. The molecule has 5 aliphatic rings. The van der Waals surface area contributed by atoms with Crippen molar-refractivity contribution in [1.82, 2.24) is 29.7 Å². The van der Waals surface area contributed by atoms with Gasteiger partial charge in [0.05, 0.1) is 33.7 Å². The van der Waals surface area contributed by atoms with Crippen LogP contribution in [0.5, 0.6) is 0 Å². The topological polar surface area (TPSA) is 115 Å². The first-order valence-corrected chi connectivity index (χ1v) is 19.7. The average Bonchev–Trinajstić information content (AvgIpc) is 3.97. The molecule has 8 atom stereocenters. The summed E-state index contributed by atoms with van der Waals surface area (Å²) in [6.45, 7) is 6.05. The number of methoxy groups -OCH3 is 1. The summed E-state index contributed by atoms with van der Waals surface area (Å²) in [4.78, 5) is 17.3. The van der Waals surface area contributed by atoms with E-state index in [0.29, 0.717) is 45.5 Å². The molecule has 3 aromatic heterocycles. The standard InChI is InChI=1S/C41H41Cl2F3N8O2/c1-19-25-14-30(39-26-13-23(53(39)40(55)56-4)17-52(20(26)2)32-15-31(41(3,45)46)49-18-50-32)54(37-22-12-29(37)48-16-22)38(25)27-11-21(7-6-10-47)33(35(44)36(27)51-19)24-8-5-9-28(42)34(24)43/h5,8-9,11,14-15,18,20,22-23,26,29,37,39-40,48,55H,6-7,12-13,16-17H2,1-4H3/t20?,22-,23-,26+,29-,37+,39-,40?/m1/s1. The van der Waals surface area contributed by atoms with Crippen LogP contribution in [0.15, 0.2) is 42.7 Å². The maximum atomic E-state index is 17.3. The van der Waals surface area contributed by atoms with Crippen molar-refractivity contribution in [3.05, 3.63) is 81.2 Å². The quantitative estimate of drug-likeness (QED) is 0.143. The van der Waals surface area contributed by atoms with Gasteiger partial charge in [-0.2, -0.15) is 14.0 Å². The maximum Gasteiger partial charge on any atom is 0.287 e. The van der Waals surface area contributed by atoms with E-state index in [-0.39, 0.29) is 70.8 Å². The van der Waals surface area contributed by atoms with E-state index in [1.54, 1.807) is 18.2 Å². The Morgan fingerprint density at radius 3 is 2.66 bits per heavy atom. The number of aliphatic hydroxyl groups excluding tert-OH is 1. The third-order valence-corrected chi connectivity index (χ3v) is 13.6. The summed E-state index contributed by atoms with van der Waals surface area (Å²) in [6.07, 6.45) is 2.09. The monoisotopic (exact) mass is 804 g/mol. The van der Waals surface area contributed by atoms with Gasteiger partial charge in [-0.25, -0.2) is 24.2 Å². The first-order valence-electron chi connectivity index (χ1n) is 19.0. The molecule has 2 unspecified atom stereocenters. The lowest BCUT2D eigenvalue weighted by atomic mass is 9.79. The highest BCUT2D eigenvalue weighted by Crippen LogP contribution is 2.54. The summed E-state index contributed by atoms with van der Waals surface area (Å²) < 4.78 is 54.3. The molecule has 15 heteroatoms. The zero-order chi connectivity index (χ0) is 39.4. The summed E-state index contributed by atoms with van der Waals surface area (Å²) in [7, 11) is 1.47. The Labute approximate surface area is 332 Å². The second-order valence-corrected chi connectivity index (χ2v) is 16.6. The first-order chi connectivity index (χ1) is 26.8. The SMILES string of the molecule is COC(O)N1[C@@H]2C[C@@H](C(C)N(c3cc(C(C)(F)F)ncn3)C2)[C@@H]1c1cc2c(C)nc3c(F)c(-c4cccc(Cl)c4Cl)c(CCC#N)cc3c2n1[C@H]1[C@H]2CN[C@@H]1C2. The number of hydrogen-bond acceptors (Lipinski definition) is 9. The molecule has 5 fully saturated rings. The number of alkyl halides is 2. The number of halogens is 5. The van der Waals surface area contributed by atoms with E-state index < -0.39 is 18.2 Å². The smallest absolute Gasteiger partial charge is 0.287 e. The molecule has 56 heavy (non-hydrogen) atoms. The van der Waals surface area contributed by atoms with E-state index in [1.165, 1.54) is 19.5 Å². The van der Waals surface area contributed by atoms with Crippen molar-refractivity contribution >= 4 is 50.8 Å². The highest BCUT2D eigenvalue weighted by Gasteiger charge is 2.56. The van der Waals surface area contributed by atoms with E-state index in [4.69, 9.17) is 32.9 Å². The number of aryl methyl sites for hydroxylation is 2. The van der Waals surface area contributed by atoms with Crippen molar-refractivity contribution < 1.29 is 23.0 Å². The van der Waals surface area contributed by atoms with E-state index in [9.17, 15) is 19.1 Å². The summed E-state index contributed by atoms with van der Waals surface area (Å²) in [5.41, 5.74) is 3.59. The lowest BCUT2D eigenvalue weighted by Gasteiger charge is -2.41. The molecular formula is C41H41Cl2F3N8O2. The Hall–Kier alpha value is -4.03. The lowest BCUT2D eigenvalue weighted by Crippen LogP contribution is -2.49. The molecule has 0 spiro atoms. The van der Waals surface area contributed by atoms with Gasteiger partial charge < -0.3 is 24.6 Å². The predicted molar refractivity (Wildman–Crippen MR) is 208 cm³/mol. The molecule has 4 bridgehead atoms. The Bertz CT molecular complexity index is 2420. The normalized spacial score (nSPS) is 26.6. The van der Waals surface area contributed by atoms with Gasteiger partial charge in [-0.1, -0.05) is 35.3 Å². The molecule has 5 aromatic rings. The van der Waals surface area contributed by atoms with Gasteiger partial charge in [0.2, 0.25) is 6.41 Å². The number of nitrogens with one attached hydrogen (secondary N) is 1. The van der Waals surface area contributed by atoms with Crippen LogP contribution in [0.25, 0.3) is 32.9 Å². The van der Waals surface area contributed by atoms with Crippen LogP contribution in [0.2, 0.25) is 10.0 Å².